The zero-order valence-electron chi connectivity index (χ0n) is 12.1. The molecule has 0 amide bonds. The number of carbonyl (C=O) groups is 1. The second-order valence-electron chi connectivity index (χ2n) is 6.45. The van der Waals surface area contributed by atoms with E-state index in [1.807, 2.05) is 24.3 Å². The number of ether oxygens (including phenoxy) is 1. The maximum absolute atomic E-state index is 12.5. The third-order valence-electron chi connectivity index (χ3n) is 4.21. The van der Waals surface area contributed by atoms with Crippen molar-refractivity contribution in [1.82, 2.24) is 5.43 Å². The van der Waals surface area contributed by atoms with E-state index < -0.39 is 0 Å². The SMILES string of the molecule is COc1ccc(C2=NN[C@H]3CC(C)(C)CC(=O)[C@H]23)cc1. The van der Waals surface area contributed by atoms with E-state index in [-0.39, 0.29) is 17.4 Å². The molecule has 0 bridgehead atoms. The Hall–Kier alpha value is -1.84. The first-order valence-corrected chi connectivity index (χ1v) is 7.00. The van der Waals surface area contributed by atoms with Crippen molar-refractivity contribution >= 4 is 11.5 Å². The van der Waals surface area contributed by atoms with Crippen LogP contribution in [0.1, 0.15) is 32.3 Å². The fourth-order valence-corrected chi connectivity index (χ4v) is 3.28. The van der Waals surface area contributed by atoms with Crippen LogP contribution in [0.3, 0.4) is 0 Å². The standard InChI is InChI=1S/C16H20N2O2/c1-16(2)8-12-14(13(19)9-16)15(18-17-12)10-4-6-11(20-3)7-5-10/h4-7,12,14,17H,8-9H2,1-3H3/t12-,14+/m0/s1. The number of hydrogen-bond acceptors (Lipinski definition) is 4. The zero-order chi connectivity index (χ0) is 14.3. The number of nitrogens with zero attached hydrogens (tertiary/aromatic N) is 1. The minimum atomic E-state index is -0.101. The molecule has 1 aromatic rings. The Kier molecular flexibility index (Phi) is 3.04. The number of hydrogen-bond donors (Lipinski definition) is 1. The third-order valence-corrected chi connectivity index (χ3v) is 4.21. The van der Waals surface area contributed by atoms with Crippen molar-refractivity contribution in [3.8, 4) is 5.75 Å². The molecular weight excluding hydrogens is 252 g/mol. The highest BCUT2D eigenvalue weighted by atomic mass is 16.5. The molecule has 1 fully saturated rings. The number of methoxy groups -OCH3 is 1. The van der Waals surface area contributed by atoms with Gasteiger partial charge < -0.3 is 10.2 Å². The van der Waals surface area contributed by atoms with E-state index in [9.17, 15) is 4.79 Å². The van der Waals surface area contributed by atoms with Crippen LogP contribution in [0.5, 0.6) is 5.75 Å². The van der Waals surface area contributed by atoms with Crippen molar-refractivity contribution in [1.29, 1.82) is 0 Å². The summed E-state index contributed by atoms with van der Waals surface area (Å²) in [5.74, 6) is 1.01. The van der Waals surface area contributed by atoms with Gasteiger partial charge in [-0.1, -0.05) is 13.8 Å². The maximum atomic E-state index is 12.5. The van der Waals surface area contributed by atoms with Crippen LogP contribution in [-0.2, 0) is 4.79 Å². The summed E-state index contributed by atoms with van der Waals surface area (Å²) in [6.07, 6.45) is 1.61. The van der Waals surface area contributed by atoms with Gasteiger partial charge in [-0.15, -0.1) is 0 Å². The molecule has 0 aromatic heterocycles. The average molecular weight is 272 g/mol. The van der Waals surface area contributed by atoms with Gasteiger partial charge in [0.1, 0.15) is 11.5 Å². The van der Waals surface area contributed by atoms with Gasteiger partial charge in [-0.25, -0.2) is 0 Å². The predicted molar refractivity (Wildman–Crippen MR) is 78.0 cm³/mol. The topological polar surface area (TPSA) is 50.7 Å². The lowest BCUT2D eigenvalue weighted by Gasteiger charge is -2.36. The summed E-state index contributed by atoms with van der Waals surface area (Å²) in [6, 6.07) is 7.89. The molecule has 0 saturated heterocycles. The summed E-state index contributed by atoms with van der Waals surface area (Å²) in [4.78, 5) is 12.5. The molecule has 1 aliphatic heterocycles. The van der Waals surface area contributed by atoms with E-state index in [2.05, 4.69) is 24.4 Å². The molecule has 1 aromatic carbocycles. The fourth-order valence-electron chi connectivity index (χ4n) is 3.28. The fraction of sp³-hybridized carbons (Fsp3) is 0.500. The number of ketones is 1. The van der Waals surface area contributed by atoms with Crippen LogP contribution in [0.25, 0.3) is 0 Å². The van der Waals surface area contributed by atoms with E-state index in [4.69, 9.17) is 4.74 Å². The molecule has 1 N–H and O–H groups in total. The molecule has 1 heterocycles. The van der Waals surface area contributed by atoms with E-state index in [1.54, 1.807) is 7.11 Å². The monoisotopic (exact) mass is 272 g/mol. The predicted octanol–water partition coefficient (Wildman–Crippen LogP) is 2.38. The van der Waals surface area contributed by atoms with E-state index in [0.29, 0.717) is 12.2 Å². The van der Waals surface area contributed by atoms with Crippen molar-refractivity contribution in [2.24, 2.45) is 16.4 Å². The van der Waals surface area contributed by atoms with Crippen LogP contribution in [0, 0.1) is 11.3 Å². The lowest BCUT2D eigenvalue weighted by Crippen LogP contribution is -2.45. The molecule has 3 rings (SSSR count). The zero-order valence-corrected chi connectivity index (χ0v) is 12.1. The summed E-state index contributed by atoms with van der Waals surface area (Å²) in [7, 11) is 1.65. The van der Waals surface area contributed by atoms with Gasteiger partial charge >= 0.3 is 0 Å². The Balaban J connectivity index is 1.87. The number of rotatable bonds is 2. The van der Waals surface area contributed by atoms with Crippen LogP contribution < -0.4 is 10.2 Å². The molecule has 4 nitrogen and oxygen atoms in total. The van der Waals surface area contributed by atoms with Crippen molar-refractivity contribution in [2.75, 3.05) is 7.11 Å². The van der Waals surface area contributed by atoms with E-state index in [0.717, 1.165) is 23.4 Å². The van der Waals surface area contributed by atoms with Gasteiger partial charge in [0.25, 0.3) is 0 Å². The molecule has 0 unspecified atom stereocenters. The summed E-state index contributed by atoms with van der Waals surface area (Å²) < 4.78 is 5.16. The molecule has 1 saturated carbocycles. The highest BCUT2D eigenvalue weighted by molar-refractivity contribution is 6.15. The Labute approximate surface area is 119 Å². The lowest BCUT2D eigenvalue weighted by molar-refractivity contribution is -0.126. The first kappa shape index (κ1) is 13.2. The van der Waals surface area contributed by atoms with Crippen LogP contribution in [0.15, 0.2) is 29.4 Å². The first-order valence-electron chi connectivity index (χ1n) is 7.00. The van der Waals surface area contributed by atoms with Crippen molar-refractivity contribution in [3.63, 3.8) is 0 Å². The van der Waals surface area contributed by atoms with Gasteiger partial charge in [0.2, 0.25) is 0 Å². The number of carbonyl (C=O) groups excluding carboxylic acids is 1. The second-order valence-corrected chi connectivity index (χ2v) is 6.45. The number of hydrazone groups is 1. The molecule has 0 radical (unpaired) electrons. The quantitative estimate of drug-likeness (QED) is 0.899. The summed E-state index contributed by atoms with van der Waals surface area (Å²) in [6.45, 7) is 4.29. The molecule has 20 heavy (non-hydrogen) atoms. The molecular formula is C16H20N2O2. The Morgan fingerprint density at radius 2 is 2.00 bits per heavy atom. The molecule has 0 spiro atoms. The van der Waals surface area contributed by atoms with Gasteiger partial charge in [0.05, 0.1) is 24.8 Å². The van der Waals surface area contributed by atoms with Gasteiger partial charge in [0.15, 0.2) is 0 Å². The van der Waals surface area contributed by atoms with Crippen LogP contribution in [0.2, 0.25) is 0 Å². The minimum Gasteiger partial charge on any atom is -0.497 e. The third kappa shape index (κ3) is 2.19. The number of nitrogens with one attached hydrogen (secondary N) is 1. The van der Waals surface area contributed by atoms with Crippen molar-refractivity contribution in [2.45, 2.75) is 32.7 Å². The van der Waals surface area contributed by atoms with Gasteiger partial charge in [-0.05, 0) is 41.7 Å². The van der Waals surface area contributed by atoms with E-state index in [1.165, 1.54) is 0 Å². The maximum Gasteiger partial charge on any atom is 0.144 e. The summed E-state index contributed by atoms with van der Waals surface area (Å²) >= 11 is 0. The van der Waals surface area contributed by atoms with Crippen LogP contribution in [0.4, 0.5) is 0 Å². The first-order chi connectivity index (χ1) is 9.50. The Morgan fingerprint density at radius 1 is 1.30 bits per heavy atom. The largest absolute Gasteiger partial charge is 0.497 e. The van der Waals surface area contributed by atoms with Crippen LogP contribution in [-0.4, -0.2) is 24.6 Å². The lowest BCUT2D eigenvalue weighted by atomic mass is 9.68. The second kappa shape index (κ2) is 4.62. The summed E-state index contributed by atoms with van der Waals surface area (Å²) in [5.41, 5.74) is 5.10. The molecule has 2 aliphatic rings. The highest BCUT2D eigenvalue weighted by Crippen LogP contribution is 2.39. The average Bonchev–Trinajstić information content (AvgIpc) is 2.81. The highest BCUT2D eigenvalue weighted by Gasteiger charge is 2.46. The van der Waals surface area contributed by atoms with Crippen molar-refractivity contribution in [3.05, 3.63) is 29.8 Å². The normalized spacial score (nSPS) is 27.6. The summed E-state index contributed by atoms with van der Waals surface area (Å²) in [5, 5.41) is 4.43. The molecule has 2 atom stereocenters. The van der Waals surface area contributed by atoms with Crippen molar-refractivity contribution < 1.29 is 9.53 Å². The van der Waals surface area contributed by atoms with E-state index >= 15 is 0 Å². The molecule has 1 aliphatic carbocycles. The Bertz CT molecular complexity index is 560. The Morgan fingerprint density at radius 3 is 2.65 bits per heavy atom. The number of benzene rings is 1. The number of Topliss-reactive ketones (excluding diaryl/α,β-unsaturated/α-hetero) is 1. The van der Waals surface area contributed by atoms with Crippen LogP contribution >= 0.6 is 0 Å². The van der Waals surface area contributed by atoms with Gasteiger partial charge in [-0.3, -0.25) is 4.79 Å². The molecule has 106 valence electrons. The van der Waals surface area contributed by atoms with Gasteiger partial charge in [0, 0.05) is 6.42 Å². The smallest absolute Gasteiger partial charge is 0.144 e. The number of fused-ring (bicyclic) bond motifs is 1. The minimum absolute atomic E-state index is 0.0656. The van der Waals surface area contributed by atoms with Gasteiger partial charge in [-0.2, -0.15) is 5.10 Å². The molecule has 4 heteroatoms.